The van der Waals surface area contributed by atoms with Crippen LogP contribution in [0.5, 0.6) is 5.75 Å². The van der Waals surface area contributed by atoms with Crippen LogP contribution in [-0.2, 0) is 23.4 Å². The number of aromatic nitrogens is 4. The predicted molar refractivity (Wildman–Crippen MR) is 144 cm³/mol. The zero-order chi connectivity index (χ0) is 29.8. The summed E-state index contributed by atoms with van der Waals surface area (Å²) in [5.74, 6) is -1.21. The fraction of sp³-hybridized carbons (Fsp3) is 0.538. The molecule has 3 aromatic rings. The summed E-state index contributed by atoms with van der Waals surface area (Å²) in [6, 6.07) is 7.17. The van der Waals surface area contributed by atoms with Crippen LogP contribution in [0.1, 0.15) is 46.4 Å². The third-order valence-electron chi connectivity index (χ3n) is 7.19. The van der Waals surface area contributed by atoms with E-state index in [0.717, 1.165) is 0 Å². The Hall–Kier alpha value is -3.16. The van der Waals surface area contributed by atoms with Crippen molar-refractivity contribution in [3.05, 3.63) is 48.5 Å². The number of para-hydroxylation sites is 1. The van der Waals surface area contributed by atoms with Crippen molar-refractivity contribution in [3.63, 3.8) is 0 Å². The molecule has 0 bridgehead atoms. The Kier molecular flexibility index (Phi) is 7.36. The van der Waals surface area contributed by atoms with Gasteiger partial charge in [0, 0.05) is 5.92 Å². The number of hydrogen-bond donors (Lipinski definition) is 3. The first-order chi connectivity index (χ1) is 19.2. The number of halogens is 1. The maximum Gasteiger partial charge on any atom is 0.459 e. The van der Waals surface area contributed by atoms with Crippen molar-refractivity contribution in [3.8, 4) is 5.75 Å². The largest absolute Gasteiger partial charge is 0.464 e. The summed E-state index contributed by atoms with van der Waals surface area (Å²) in [6.45, 7) is 8.17. The van der Waals surface area contributed by atoms with Crippen LogP contribution in [0, 0.1) is 11.3 Å². The Morgan fingerprint density at radius 2 is 2.02 bits per heavy atom. The van der Waals surface area contributed by atoms with Gasteiger partial charge in [0.05, 0.1) is 31.2 Å². The standard InChI is InChI=1S/C26H34FN6O7P/c1-15(23(34)37-13-24(2,3)4)32-41(36,40-16-9-7-6-8-10-16)38-12-17-19-26(17,35)25(5,27)20(39-19)18-11-29-22-21(28)30-14-31-33(18)22/h6-11,14-15,17,19-20,35H,12-13H2,1-5H3,(H,32,36)(H2,28,30,31). The van der Waals surface area contributed by atoms with E-state index in [0.29, 0.717) is 0 Å². The molecular formula is C26H34FN6O7P. The number of carbonyl (C=O) groups excluding carboxylic acids is 1. The third-order valence-corrected chi connectivity index (χ3v) is 8.83. The van der Waals surface area contributed by atoms with Gasteiger partial charge in [0.15, 0.2) is 17.1 Å². The van der Waals surface area contributed by atoms with Crippen LogP contribution >= 0.6 is 7.75 Å². The molecule has 0 radical (unpaired) electrons. The number of nitrogens with zero attached hydrogens (tertiary/aromatic N) is 4. The van der Waals surface area contributed by atoms with Crippen molar-refractivity contribution in [1.29, 1.82) is 0 Å². The number of nitrogen functional groups attached to an aromatic ring is 1. The van der Waals surface area contributed by atoms with Crippen LogP contribution in [0.25, 0.3) is 5.65 Å². The van der Waals surface area contributed by atoms with Crippen LogP contribution in [-0.4, -0.2) is 67.3 Å². The number of nitrogens with one attached hydrogen (secondary N) is 1. The van der Waals surface area contributed by atoms with Crippen molar-refractivity contribution < 1.29 is 37.4 Å². The van der Waals surface area contributed by atoms with E-state index < -0.39 is 55.8 Å². The van der Waals surface area contributed by atoms with E-state index in [1.54, 1.807) is 30.3 Å². The minimum atomic E-state index is -4.23. The topological polar surface area (TPSA) is 172 Å². The third kappa shape index (κ3) is 5.42. The number of hydrogen-bond acceptors (Lipinski definition) is 11. The Balaban J connectivity index is 1.30. The molecule has 7 unspecified atom stereocenters. The zero-order valence-electron chi connectivity index (χ0n) is 23.4. The lowest BCUT2D eigenvalue weighted by atomic mass is 9.90. The lowest BCUT2D eigenvalue weighted by Crippen LogP contribution is -2.43. The average molecular weight is 593 g/mol. The second kappa shape index (κ2) is 10.3. The molecular weight excluding hydrogens is 558 g/mol. The molecule has 1 aliphatic heterocycles. The molecule has 1 saturated carbocycles. The Bertz CT molecular complexity index is 1480. The molecule has 0 spiro atoms. The van der Waals surface area contributed by atoms with Crippen molar-refractivity contribution in [2.45, 2.75) is 64.1 Å². The van der Waals surface area contributed by atoms with Crippen LogP contribution in [0.2, 0.25) is 0 Å². The molecule has 13 nitrogen and oxygen atoms in total. The van der Waals surface area contributed by atoms with Crippen molar-refractivity contribution in [1.82, 2.24) is 24.7 Å². The van der Waals surface area contributed by atoms with E-state index in [9.17, 15) is 14.5 Å². The molecule has 0 amide bonds. The summed E-state index contributed by atoms with van der Waals surface area (Å²) >= 11 is 0. The minimum absolute atomic E-state index is 0.109. The molecule has 1 saturated heterocycles. The van der Waals surface area contributed by atoms with Gasteiger partial charge in [0.2, 0.25) is 0 Å². The van der Waals surface area contributed by atoms with Crippen molar-refractivity contribution >= 4 is 25.2 Å². The number of esters is 1. The quantitative estimate of drug-likeness (QED) is 0.232. The molecule has 5 rings (SSSR count). The molecule has 4 N–H and O–H groups in total. The van der Waals surface area contributed by atoms with Crippen LogP contribution in [0.3, 0.4) is 0 Å². The summed E-state index contributed by atoms with van der Waals surface area (Å²) < 4.78 is 54.0. The van der Waals surface area contributed by atoms with E-state index in [1.165, 1.54) is 30.9 Å². The first-order valence-electron chi connectivity index (χ1n) is 13.1. The molecule has 2 aliphatic rings. The van der Waals surface area contributed by atoms with Gasteiger partial charge < -0.3 is 24.8 Å². The number of aliphatic hydroxyl groups is 1. The zero-order valence-corrected chi connectivity index (χ0v) is 24.2. The summed E-state index contributed by atoms with van der Waals surface area (Å²) in [5, 5.41) is 18.0. The number of carbonyl (C=O) groups is 1. The molecule has 222 valence electrons. The normalized spacial score (nSPS) is 29.5. The lowest BCUT2D eigenvalue weighted by Gasteiger charge is -2.30. The van der Waals surface area contributed by atoms with Crippen LogP contribution < -0.4 is 15.3 Å². The number of benzene rings is 1. The highest BCUT2D eigenvalue weighted by molar-refractivity contribution is 7.52. The van der Waals surface area contributed by atoms with Gasteiger partial charge in [-0.25, -0.2) is 23.4 Å². The number of rotatable bonds is 10. The van der Waals surface area contributed by atoms with Gasteiger partial charge in [-0.3, -0.25) is 9.32 Å². The molecule has 1 aromatic carbocycles. The van der Waals surface area contributed by atoms with E-state index >= 15 is 4.39 Å². The van der Waals surface area contributed by atoms with Crippen LogP contribution in [0.15, 0.2) is 42.9 Å². The fourth-order valence-corrected chi connectivity index (χ4v) is 6.43. The predicted octanol–water partition coefficient (Wildman–Crippen LogP) is 3.01. The first kappa shape index (κ1) is 29.3. The second-order valence-corrected chi connectivity index (χ2v) is 13.4. The number of anilines is 1. The molecule has 3 heterocycles. The summed E-state index contributed by atoms with van der Waals surface area (Å²) in [5.41, 5.74) is 1.78. The highest BCUT2D eigenvalue weighted by Crippen LogP contribution is 2.67. The molecule has 41 heavy (non-hydrogen) atoms. The summed E-state index contributed by atoms with van der Waals surface area (Å²) in [7, 11) is -4.23. The highest BCUT2D eigenvalue weighted by Gasteiger charge is 2.82. The Labute approximate surface area is 236 Å². The molecule has 15 heteroatoms. The lowest BCUT2D eigenvalue weighted by molar-refractivity contribution is -0.148. The number of nitrogens with two attached hydrogens (primary N) is 1. The maximum atomic E-state index is 16.3. The first-order valence-corrected chi connectivity index (χ1v) is 14.6. The van der Waals surface area contributed by atoms with Gasteiger partial charge in [-0.1, -0.05) is 39.0 Å². The number of alkyl halides is 1. The highest BCUT2D eigenvalue weighted by atomic mass is 31.2. The molecule has 2 fully saturated rings. The average Bonchev–Trinajstić information content (AvgIpc) is 3.14. The van der Waals surface area contributed by atoms with Crippen molar-refractivity contribution in [2.24, 2.45) is 11.3 Å². The van der Waals surface area contributed by atoms with Gasteiger partial charge in [-0.2, -0.15) is 10.2 Å². The SMILES string of the molecule is CC(NP(=O)(OCC1C2OC(c3cnc4c(N)ncnn34)C(C)(F)C12O)Oc1ccccc1)C(=O)OCC(C)(C)C. The number of ether oxygens (including phenoxy) is 2. The van der Waals surface area contributed by atoms with Crippen molar-refractivity contribution in [2.75, 3.05) is 18.9 Å². The molecule has 7 atom stereocenters. The Morgan fingerprint density at radius 1 is 1.32 bits per heavy atom. The van der Waals surface area contributed by atoms with Gasteiger partial charge in [-0.15, -0.1) is 0 Å². The van der Waals surface area contributed by atoms with E-state index in [4.69, 9.17) is 24.3 Å². The summed E-state index contributed by atoms with van der Waals surface area (Å²) in [4.78, 5) is 20.6. The second-order valence-electron chi connectivity index (χ2n) is 11.7. The van der Waals surface area contributed by atoms with E-state index in [1.807, 2.05) is 20.8 Å². The minimum Gasteiger partial charge on any atom is -0.464 e. The molecule has 1 aliphatic carbocycles. The smallest absolute Gasteiger partial charge is 0.459 e. The molecule has 2 aromatic heterocycles. The van der Waals surface area contributed by atoms with Gasteiger partial charge in [-0.05, 0) is 31.4 Å². The van der Waals surface area contributed by atoms with Gasteiger partial charge in [0.1, 0.15) is 29.8 Å². The van der Waals surface area contributed by atoms with E-state index in [2.05, 4.69) is 20.2 Å². The monoisotopic (exact) mass is 592 g/mol. The summed E-state index contributed by atoms with van der Waals surface area (Å²) in [6.07, 6.45) is 0.378. The maximum absolute atomic E-state index is 16.3. The van der Waals surface area contributed by atoms with Gasteiger partial charge >= 0.3 is 13.7 Å². The number of fused-ring (bicyclic) bond motifs is 2. The van der Waals surface area contributed by atoms with Crippen LogP contribution in [0.4, 0.5) is 10.2 Å². The van der Waals surface area contributed by atoms with E-state index in [-0.39, 0.29) is 34.9 Å². The fourth-order valence-electron chi connectivity index (χ4n) is 4.92. The van der Waals surface area contributed by atoms with Gasteiger partial charge in [0.25, 0.3) is 0 Å². The Morgan fingerprint density at radius 3 is 2.66 bits per heavy atom. The number of imidazole rings is 1.